The first-order valence-corrected chi connectivity index (χ1v) is 15.3. The molecule has 0 saturated carbocycles. The van der Waals surface area contributed by atoms with E-state index in [0.717, 1.165) is 15.4 Å². The molecule has 1 heterocycles. The number of nitrogens with zero attached hydrogens (tertiary/aromatic N) is 1. The fraction of sp³-hybridized carbons (Fsp3) is 0.0645. The number of nitrogens with one attached hydrogen (secondary N) is 2. The lowest BCUT2D eigenvalue weighted by molar-refractivity contribution is 0.0732. The first kappa shape index (κ1) is 30.0. The molecule has 2 N–H and O–H groups in total. The van der Waals surface area contributed by atoms with Crippen molar-refractivity contribution >= 4 is 88.4 Å². The molecule has 0 saturated heterocycles. The van der Waals surface area contributed by atoms with Gasteiger partial charge in [0, 0.05) is 41.6 Å². The zero-order valence-corrected chi connectivity index (χ0v) is 27.4. The molecule has 11 heteroatoms. The normalized spacial score (nSPS) is 11.2. The van der Waals surface area contributed by atoms with Crippen molar-refractivity contribution in [2.75, 3.05) is 6.61 Å². The molecule has 0 fully saturated rings. The number of aromatic nitrogens is 1. The van der Waals surface area contributed by atoms with Crippen LogP contribution in [0.5, 0.6) is 11.5 Å². The summed E-state index contributed by atoms with van der Waals surface area (Å²) >= 11 is 16.8. The Bertz CT molecular complexity index is 1840. The fourth-order valence-corrected chi connectivity index (χ4v) is 6.11. The van der Waals surface area contributed by atoms with Gasteiger partial charge in [0.2, 0.25) is 0 Å². The van der Waals surface area contributed by atoms with Gasteiger partial charge in [-0.3, -0.25) is 4.79 Å². The first-order chi connectivity index (χ1) is 20.2. The van der Waals surface area contributed by atoms with Crippen LogP contribution in [-0.4, -0.2) is 29.7 Å². The maximum absolute atomic E-state index is 13.5. The number of amides is 1. The smallest absolute Gasteiger partial charge is 0.343 e. The van der Waals surface area contributed by atoms with E-state index in [1.807, 2.05) is 43.3 Å². The summed E-state index contributed by atoms with van der Waals surface area (Å²) in [7, 11) is 0. The van der Waals surface area contributed by atoms with Crippen LogP contribution >= 0.6 is 59.4 Å². The Kier molecular flexibility index (Phi) is 9.47. The number of aromatic amines is 1. The molecule has 0 spiro atoms. The van der Waals surface area contributed by atoms with Gasteiger partial charge in [-0.05, 0) is 83.5 Å². The van der Waals surface area contributed by atoms with Crippen molar-refractivity contribution in [2.45, 2.75) is 6.92 Å². The fourth-order valence-electron chi connectivity index (χ4n) is 4.28. The second-order valence-electron chi connectivity index (χ2n) is 8.90. The van der Waals surface area contributed by atoms with Gasteiger partial charge in [0.15, 0.2) is 5.75 Å². The molecule has 0 aliphatic heterocycles. The van der Waals surface area contributed by atoms with Crippen LogP contribution in [0.1, 0.15) is 33.3 Å². The summed E-state index contributed by atoms with van der Waals surface area (Å²) in [5.74, 6) is -0.112. The number of H-pyrrole nitrogens is 1. The number of hydrazone groups is 1. The zero-order valence-electron chi connectivity index (χ0n) is 21.9. The average Bonchev–Trinajstić information content (AvgIpc) is 3.34. The molecule has 1 aromatic heterocycles. The lowest BCUT2D eigenvalue weighted by atomic mass is 10.0. The molecule has 0 radical (unpaired) electrons. The van der Waals surface area contributed by atoms with Crippen molar-refractivity contribution in [3.05, 3.63) is 114 Å². The molecular weight excluding hydrogens is 754 g/mol. The Morgan fingerprint density at radius 3 is 2.48 bits per heavy atom. The third-order valence-electron chi connectivity index (χ3n) is 6.13. The summed E-state index contributed by atoms with van der Waals surface area (Å²) in [6.45, 7) is 2.41. The van der Waals surface area contributed by atoms with Crippen molar-refractivity contribution in [3.8, 4) is 22.6 Å². The molecule has 0 unspecified atom stereocenters. The summed E-state index contributed by atoms with van der Waals surface area (Å²) in [6.07, 6.45) is 1.41. The highest BCUT2D eigenvalue weighted by molar-refractivity contribution is 9.11. The molecule has 7 nitrogen and oxygen atoms in total. The minimum absolute atomic E-state index is 0.245. The molecular formula is C31H21Br3ClN3O4. The summed E-state index contributed by atoms with van der Waals surface area (Å²) in [6, 6.07) is 23.1. The zero-order chi connectivity index (χ0) is 29.8. The molecule has 42 heavy (non-hydrogen) atoms. The van der Waals surface area contributed by atoms with Crippen LogP contribution in [-0.2, 0) is 0 Å². The van der Waals surface area contributed by atoms with Crippen LogP contribution in [0.25, 0.3) is 22.0 Å². The van der Waals surface area contributed by atoms with Crippen molar-refractivity contribution in [2.24, 2.45) is 5.10 Å². The number of fused-ring (bicyclic) bond motifs is 1. The van der Waals surface area contributed by atoms with Gasteiger partial charge >= 0.3 is 5.97 Å². The van der Waals surface area contributed by atoms with Gasteiger partial charge in [0.1, 0.15) is 11.4 Å². The third-order valence-corrected chi connectivity index (χ3v) is 8.04. The number of hydrogen-bond acceptors (Lipinski definition) is 5. The molecule has 0 aliphatic rings. The second kappa shape index (κ2) is 13.2. The highest BCUT2D eigenvalue weighted by atomic mass is 79.9. The van der Waals surface area contributed by atoms with E-state index < -0.39 is 11.9 Å². The number of ether oxygens (including phenoxy) is 2. The van der Waals surface area contributed by atoms with Crippen LogP contribution in [0.15, 0.2) is 97.4 Å². The molecule has 4 aromatic carbocycles. The van der Waals surface area contributed by atoms with Crippen LogP contribution < -0.4 is 14.9 Å². The van der Waals surface area contributed by atoms with E-state index in [9.17, 15) is 9.59 Å². The lowest BCUT2D eigenvalue weighted by Gasteiger charge is -2.11. The van der Waals surface area contributed by atoms with Gasteiger partial charge in [-0.2, -0.15) is 5.10 Å². The Labute approximate surface area is 271 Å². The average molecular weight is 775 g/mol. The van der Waals surface area contributed by atoms with Gasteiger partial charge in [0.05, 0.1) is 22.9 Å². The molecule has 5 rings (SSSR count). The highest BCUT2D eigenvalue weighted by Crippen LogP contribution is 2.38. The van der Waals surface area contributed by atoms with Crippen molar-refractivity contribution in [1.29, 1.82) is 0 Å². The Balaban J connectivity index is 1.46. The summed E-state index contributed by atoms with van der Waals surface area (Å²) in [4.78, 5) is 29.5. The van der Waals surface area contributed by atoms with Gasteiger partial charge in [-0.1, -0.05) is 61.7 Å². The molecule has 0 atom stereocenters. The SMILES string of the molecule is CCOc1ccc2[nH]c(C(=O)NN=Cc3cc(Br)cc(Br)c3OC(=O)c3ccc(Br)cc3)c(-c3ccccc3Cl)c2c1. The first-order valence-electron chi connectivity index (χ1n) is 12.6. The number of halogens is 4. The number of carbonyl (C=O) groups excluding carboxylic acids is 2. The van der Waals surface area contributed by atoms with Crippen LogP contribution in [0.4, 0.5) is 0 Å². The van der Waals surface area contributed by atoms with E-state index >= 15 is 0 Å². The molecule has 0 aliphatic carbocycles. The third kappa shape index (κ3) is 6.62. The van der Waals surface area contributed by atoms with E-state index in [0.29, 0.717) is 48.6 Å². The summed E-state index contributed by atoms with van der Waals surface area (Å²) < 4.78 is 13.5. The monoisotopic (exact) mass is 771 g/mol. The van der Waals surface area contributed by atoms with Gasteiger partial charge < -0.3 is 14.5 Å². The minimum Gasteiger partial charge on any atom is -0.494 e. The summed E-state index contributed by atoms with van der Waals surface area (Å²) in [5.41, 5.74) is 5.74. The Morgan fingerprint density at radius 2 is 1.74 bits per heavy atom. The molecule has 0 bridgehead atoms. The van der Waals surface area contributed by atoms with Gasteiger partial charge in [-0.15, -0.1) is 0 Å². The van der Waals surface area contributed by atoms with Crippen molar-refractivity contribution in [3.63, 3.8) is 0 Å². The highest BCUT2D eigenvalue weighted by Gasteiger charge is 2.22. The number of benzene rings is 4. The Morgan fingerprint density at radius 1 is 0.976 bits per heavy atom. The molecule has 1 amide bonds. The van der Waals surface area contributed by atoms with Gasteiger partial charge in [-0.25, -0.2) is 10.2 Å². The topological polar surface area (TPSA) is 92.8 Å². The van der Waals surface area contributed by atoms with Crippen molar-refractivity contribution < 1.29 is 19.1 Å². The largest absolute Gasteiger partial charge is 0.494 e. The van der Waals surface area contributed by atoms with E-state index in [1.54, 1.807) is 42.5 Å². The summed E-state index contributed by atoms with van der Waals surface area (Å²) in [5, 5.41) is 5.46. The van der Waals surface area contributed by atoms with E-state index in [4.69, 9.17) is 21.1 Å². The number of hydrogen-bond donors (Lipinski definition) is 2. The van der Waals surface area contributed by atoms with Crippen LogP contribution in [0.3, 0.4) is 0 Å². The number of esters is 1. The number of rotatable bonds is 8. The van der Waals surface area contributed by atoms with E-state index in [1.165, 1.54) is 6.21 Å². The maximum atomic E-state index is 13.5. The second-order valence-corrected chi connectivity index (χ2v) is 12.0. The van der Waals surface area contributed by atoms with Crippen LogP contribution in [0, 0.1) is 0 Å². The minimum atomic E-state index is -0.543. The van der Waals surface area contributed by atoms with Crippen LogP contribution in [0.2, 0.25) is 5.02 Å². The molecule has 212 valence electrons. The van der Waals surface area contributed by atoms with Gasteiger partial charge in [0.25, 0.3) is 5.91 Å². The lowest BCUT2D eigenvalue weighted by Crippen LogP contribution is -2.19. The van der Waals surface area contributed by atoms with E-state index in [-0.39, 0.29) is 11.4 Å². The standard InChI is InChI=1S/C31H21Br3ClN3O4/c1-2-41-21-11-12-26-23(15-21)27(22-5-3-4-6-25(22)35)28(37-26)30(39)38-36-16-18-13-20(33)14-24(34)29(18)42-31(40)17-7-9-19(32)10-8-17/h3-16,37H,2H2,1H3,(H,38,39). The van der Waals surface area contributed by atoms with E-state index in [2.05, 4.69) is 63.3 Å². The quantitative estimate of drug-likeness (QED) is 0.0712. The molecule has 5 aromatic rings. The number of carbonyl (C=O) groups is 2. The predicted molar refractivity (Wildman–Crippen MR) is 176 cm³/mol. The predicted octanol–water partition coefficient (Wildman–Crippen LogP) is 9.16. The Hall–Kier alpha value is -3.44. The maximum Gasteiger partial charge on any atom is 0.343 e. The van der Waals surface area contributed by atoms with Crippen molar-refractivity contribution in [1.82, 2.24) is 10.4 Å².